The third kappa shape index (κ3) is 4.31. The maximum Gasteiger partial charge on any atom is 0.243 e. The van der Waals surface area contributed by atoms with E-state index in [1.54, 1.807) is 12.1 Å². The minimum atomic E-state index is -3.70. The highest BCUT2D eigenvalue weighted by Gasteiger charge is 2.33. The molecule has 0 aliphatic carbocycles. The third-order valence-corrected chi connectivity index (χ3v) is 10.8. The molecule has 0 spiro atoms. The Morgan fingerprint density at radius 3 is 1.26 bits per heavy atom. The van der Waals surface area contributed by atoms with Crippen LogP contribution in [-0.2, 0) is 20.0 Å². The van der Waals surface area contributed by atoms with Crippen LogP contribution in [0.2, 0.25) is 0 Å². The summed E-state index contributed by atoms with van der Waals surface area (Å²) >= 11 is 0. The maximum atomic E-state index is 13.3. The Balaban J connectivity index is 1.89. The lowest BCUT2D eigenvalue weighted by Gasteiger charge is -2.24. The summed E-state index contributed by atoms with van der Waals surface area (Å²) in [6.45, 7) is 12.3. The molecule has 1 aliphatic rings. The first-order valence-corrected chi connectivity index (χ1v) is 13.4. The molecule has 170 valence electrons. The van der Waals surface area contributed by atoms with Crippen LogP contribution in [0.5, 0.6) is 0 Å². The Labute approximate surface area is 187 Å². The molecule has 1 heterocycles. The van der Waals surface area contributed by atoms with Gasteiger partial charge >= 0.3 is 0 Å². The average Bonchev–Trinajstić information content (AvgIpc) is 2.97. The van der Waals surface area contributed by atoms with Crippen molar-refractivity contribution in [3.8, 4) is 0 Å². The molecular formula is C23H32N2O4S2. The summed E-state index contributed by atoms with van der Waals surface area (Å²) in [5.41, 5.74) is 5.52. The van der Waals surface area contributed by atoms with Crippen molar-refractivity contribution in [3.05, 3.63) is 57.6 Å². The van der Waals surface area contributed by atoms with Crippen molar-refractivity contribution in [2.75, 3.05) is 26.2 Å². The van der Waals surface area contributed by atoms with Crippen LogP contribution < -0.4 is 0 Å². The van der Waals surface area contributed by atoms with Gasteiger partial charge in [0.25, 0.3) is 0 Å². The van der Waals surface area contributed by atoms with Crippen LogP contribution in [0.3, 0.4) is 0 Å². The van der Waals surface area contributed by atoms with Gasteiger partial charge < -0.3 is 0 Å². The monoisotopic (exact) mass is 464 g/mol. The van der Waals surface area contributed by atoms with Gasteiger partial charge in [-0.15, -0.1) is 0 Å². The van der Waals surface area contributed by atoms with E-state index in [4.69, 9.17) is 0 Å². The fourth-order valence-corrected chi connectivity index (χ4v) is 7.55. The van der Waals surface area contributed by atoms with E-state index >= 15 is 0 Å². The Bertz CT molecular complexity index is 1120. The van der Waals surface area contributed by atoms with Crippen molar-refractivity contribution in [2.24, 2.45) is 0 Å². The molecular weight excluding hydrogens is 432 g/mol. The van der Waals surface area contributed by atoms with E-state index in [0.29, 0.717) is 29.3 Å². The molecule has 0 radical (unpaired) electrons. The second-order valence-corrected chi connectivity index (χ2v) is 12.2. The second kappa shape index (κ2) is 8.65. The highest BCUT2D eigenvalue weighted by atomic mass is 32.2. The topological polar surface area (TPSA) is 74.8 Å². The Kier molecular flexibility index (Phi) is 6.68. The van der Waals surface area contributed by atoms with Crippen molar-refractivity contribution in [1.29, 1.82) is 0 Å². The average molecular weight is 465 g/mol. The summed E-state index contributed by atoms with van der Waals surface area (Å²) in [5, 5.41) is 0. The molecule has 31 heavy (non-hydrogen) atoms. The van der Waals surface area contributed by atoms with Crippen molar-refractivity contribution >= 4 is 20.0 Å². The lowest BCUT2D eigenvalue weighted by molar-refractivity contribution is 0.404. The first-order valence-electron chi connectivity index (χ1n) is 10.5. The Hall–Kier alpha value is -1.74. The van der Waals surface area contributed by atoms with Crippen molar-refractivity contribution in [3.63, 3.8) is 0 Å². The third-order valence-electron chi connectivity index (χ3n) is 6.67. The number of nitrogens with zero attached hydrogens (tertiary/aromatic N) is 2. The molecule has 2 aromatic rings. The van der Waals surface area contributed by atoms with Gasteiger partial charge in [0.05, 0.1) is 9.79 Å². The number of rotatable bonds is 4. The number of hydrogen-bond donors (Lipinski definition) is 0. The van der Waals surface area contributed by atoms with Crippen molar-refractivity contribution in [1.82, 2.24) is 8.61 Å². The van der Waals surface area contributed by atoms with Crippen LogP contribution in [0.1, 0.15) is 39.8 Å². The zero-order valence-electron chi connectivity index (χ0n) is 19.2. The van der Waals surface area contributed by atoms with Gasteiger partial charge in [0, 0.05) is 26.2 Å². The van der Waals surface area contributed by atoms with Crippen LogP contribution in [-0.4, -0.2) is 51.6 Å². The normalized spacial score (nSPS) is 17.0. The lowest BCUT2D eigenvalue weighted by atomic mass is 10.1. The molecule has 0 saturated carbocycles. The number of benzene rings is 2. The van der Waals surface area contributed by atoms with Crippen LogP contribution in [0.4, 0.5) is 0 Å². The molecule has 0 bridgehead atoms. The predicted molar refractivity (Wildman–Crippen MR) is 123 cm³/mol. The largest absolute Gasteiger partial charge is 0.243 e. The quantitative estimate of drug-likeness (QED) is 0.693. The molecule has 0 amide bonds. The first-order chi connectivity index (χ1) is 14.4. The van der Waals surface area contributed by atoms with Gasteiger partial charge in [-0.3, -0.25) is 0 Å². The second-order valence-electron chi connectivity index (χ2n) is 8.42. The molecule has 0 unspecified atom stereocenters. The summed E-state index contributed by atoms with van der Waals surface area (Å²) in [6, 6.07) is 6.97. The van der Waals surface area contributed by atoms with Gasteiger partial charge in [0.15, 0.2) is 0 Å². The molecule has 0 atom stereocenters. The van der Waals surface area contributed by atoms with Crippen molar-refractivity contribution in [2.45, 2.75) is 57.8 Å². The Morgan fingerprint density at radius 2 is 0.903 bits per heavy atom. The zero-order chi connectivity index (χ0) is 23.1. The molecule has 0 N–H and O–H groups in total. The van der Waals surface area contributed by atoms with Crippen LogP contribution in [0.25, 0.3) is 0 Å². The van der Waals surface area contributed by atoms with E-state index in [2.05, 4.69) is 0 Å². The number of aryl methyl sites for hydroxylation is 2. The SMILES string of the molecule is Cc1ccc(S(=O)(=O)N2CCCN(S(=O)(=O)c3ccc(C)c(C)c3C)CC2)c(C)c1C. The van der Waals surface area contributed by atoms with Crippen molar-refractivity contribution < 1.29 is 16.8 Å². The zero-order valence-corrected chi connectivity index (χ0v) is 20.8. The van der Waals surface area contributed by atoms with E-state index in [-0.39, 0.29) is 13.1 Å². The van der Waals surface area contributed by atoms with E-state index in [1.165, 1.54) is 8.61 Å². The molecule has 1 fully saturated rings. The van der Waals surface area contributed by atoms with Gasteiger partial charge in [-0.25, -0.2) is 16.8 Å². The number of hydrogen-bond acceptors (Lipinski definition) is 4. The van der Waals surface area contributed by atoms with Gasteiger partial charge in [0.2, 0.25) is 20.0 Å². The summed E-state index contributed by atoms with van der Waals surface area (Å²) in [7, 11) is -7.40. The maximum absolute atomic E-state index is 13.3. The van der Waals surface area contributed by atoms with Crippen LogP contribution in [0.15, 0.2) is 34.1 Å². The lowest BCUT2D eigenvalue weighted by Crippen LogP contribution is -2.37. The minimum Gasteiger partial charge on any atom is -0.207 e. The van der Waals surface area contributed by atoms with Gasteiger partial charge in [0.1, 0.15) is 0 Å². The fourth-order valence-electron chi connectivity index (χ4n) is 4.05. The standard InChI is InChI=1S/C23H32N2O4S2/c1-16-8-10-22(20(5)18(16)3)30(26,27)24-12-7-13-25(15-14-24)31(28,29)23-11-9-17(2)19(4)21(23)6/h8-11H,7,12-15H2,1-6H3. The molecule has 8 heteroatoms. The first kappa shape index (κ1) is 23.9. The van der Waals surface area contributed by atoms with Gasteiger partial charge in [-0.2, -0.15) is 8.61 Å². The van der Waals surface area contributed by atoms with Gasteiger partial charge in [-0.1, -0.05) is 12.1 Å². The predicted octanol–water partition coefficient (Wildman–Crippen LogP) is 3.62. The highest BCUT2D eigenvalue weighted by molar-refractivity contribution is 7.89. The van der Waals surface area contributed by atoms with E-state index in [1.807, 2.05) is 53.7 Å². The highest BCUT2D eigenvalue weighted by Crippen LogP contribution is 2.28. The Morgan fingerprint density at radius 1 is 0.548 bits per heavy atom. The van der Waals surface area contributed by atoms with E-state index < -0.39 is 20.0 Å². The summed E-state index contributed by atoms with van der Waals surface area (Å²) in [4.78, 5) is 0.605. The minimum absolute atomic E-state index is 0.137. The smallest absolute Gasteiger partial charge is 0.207 e. The molecule has 1 aliphatic heterocycles. The molecule has 6 nitrogen and oxygen atoms in total. The van der Waals surface area contributed by atoms with Gasteiger partial charge in [-0.05, 0) is 93.5 Å². The van der Waals surface area contributed by atoms with Crippen LogP contribution >= 0.6 is 0 Å². The summed E-state index contributed by atoms with van der Waals surface area (Å²) in [6.07, 6.45) is 0.451. The summed E-state index contributed by atoms with van der Waals surface area (Å²) < 4.78 is 56.2. The fraction of sp³-hybridized carbons (Fsp3) is 0.478. The number of sulfonamides is 2. The van der Waals surface area contributed by atoms with Crippen LogP contribution in [0, 0.1) is 41.5 Å². The molecule has 0 aromatic heterocycles. The van der Waals surface area contributed by atoms with E-state index in [9.17, 15) is 16.8 Å². The molecule has 1 saturated heterocycles. The van der Waals surface area contributed by atoms with E-state index in [0.717, 1.165) is 33.4 Å². The summed E-state index contributed by atoms with van der Waals surface area (Å²) in [5.74, 6) is 0. The molecule has 3 rings (SSSR count). The molecule has 2 aromatic carbocycles.